The second kappa shape index (κ2) is 5.18. The van der Waals surface area contributed by atoms with Crippen molar-refractivity contribution in [1.29, 1.82) is 0 Å². The molecule has 0 spiro atoms. The molecular formula is C16H16O5. The van der Waals surface area contributed by atoms with Gasteiger partial charge in [0.1, 0.15) is 23.0 Å². The average molecular weight is 288 g/mol. The molecule has 2 aromatic rings. The summed E-state index contributed by atoms with van der Waals surface area (Å²) in [5, 5.41) is 29.6. The molecule has 0 aliphatic carbocycles. The number of ether oxygens (including phenoxy) is 2. The van der Waals surface area contributed by atoms with Crippen molar-refractivity contribution in [1.82, 2.24) is 0 Å². The lowest BCUT2D eigenvalue weighted by atomic mass is 9.87. The average Bonchev–Trinajstić information content (AvgIpc) is 2.48. The number of fused-ring (bicyclic) bond motifs is 1. The highest BCUT2D eigenvalue weighted by atomic mass is 16.5. The standard InChI is InChI=1S/C16H16O5/c1-20-14-6-9(17)2-4-11(14)13-8-21-15-7-10(18)3-5-12(15)16(13)19/h2-7,13,16-19H,8H2,1H3/t13-,16+/m0/s1. The summed E-state index contributed by atoms with van der Waals surface area (Å²) in [5.74, 6) is 0.882. The van der Waals surface area contributed by atoms with E-state index in [1.54, 1.807) is 18.2 Å². The molecular weight excluding hydrogens is 272 g/mol. The minimum absolute atomic E-state index is 0.0987. The normalized spacial score (nSPS) is 20.5. The Bertz CT molecular complexity index is 668. The number of benzene rings is 2. The van der Waals surface area contributed by atoms with E-state index >= 15 is 0 Å². The van der Waals surface area contributed by atoms with Gasteiger partial charge in [0.15, 0.2) is 0 Å². The van der Waals surface area contributed by atoms with Gasteiger partial charge in [0.2, 0.25) is 0 Å². The molecule has 3 N–H and O–H groups in total. The summed E-state index contributed by atoms with van der Waals surface area (Å²) in [6, 6.07) is 9.43. The summed E-state index contributed by atoms with van der Waals surface area (Å²) in [7, 11) is 1.51. The van der Waals surface area contributed by atoms with E-state index in [0.29, 0.717) is 17.1 Å². The number of hydrogen-bond acceptors (Lipinski definition) is 5. The molecule has 1 aliphatic heterocycles. The fourth-order valence-electron chi connectivity index (χ4n) is 2.65. The van der Waals surface area contributed by atoms with Crippen molar-refractivity contribution in [3.05, 3.63) is 47.5 Å². The summed E-state index contributed by atoms with van der Waals surface area (Å²) in [6.45, 7) is 0.263. The summed E-state index contributed by atoms with van der Waals surface area (Å²) in [5.41, 5.74) is 1.39. The van der Waals surface area contributed by atoms with Crippen LogP contribution in [0.3, 0.4) is 0 Å². The molecule has 0 radical (unpaired) electrons. The SMILES string of the molecule is COc1cc(O)ccc1[C@@H]1COc2cc(O)ccc2[C@H]1O. The molecule has 110 valence electrons. The zero-order valence-electron chi connectivity index (χ0n) is 11.5. The molecule has 0 saturated heterocycles. The zero-order valence-corrected chi connectivity index (χ0v) is 11.5. The van der Waals surface area contributed by atoms with Gasteiger partial charge in [0.25, 0.3) is 0 Å². The Kier molecular flexibility index (Phi) is 3.35. The van der Waals surface area contributed by atoms with E-state index in [1.807, 2.05) is 0 Å². The lowest BCUT2D eigenvalue weighted by Crippen LogP contribution is -2.24. The third kappa shape index (κ3) is 2.36. The van der Waals surface area contributed by atoms with Gasteiger partial charge in [0.05, 0.1) is 25.7 Å². The molecule has 0 amide bonds. The van der Waals surface area contributed by atoms with Gasteiger partial charge in [-0.25, -0.2) is 0 Å². The van der Waals surface area contributed by atoms with E-state index in [2.05, 4.69) is 0 Å². The molecule has 0 saturated carbocycles. The van der Waals surface area contributed by atoms with E-state index < -0.39 is 6.10 Å². The molecule has 0 aromatic heterocycles. The van der Waals surface area contributed by atoms with Crippen LogP contribution < -0.4 is 9.47 Å². The lowest BCUT2D eigenvalue weighted by molar-refractivity contribution is 0.0875. The van der Waals surface area contributed by atoms with Gasteiger partial charge in [-0.05, 0) is 18.2 Å². The van der Waals surface area contributed by atoms with Crippen LogP contribution >= 0.6 is 0 Å². The zero-order chi connectivity index (χ0) is 15.0. The Morgan fingerprint density at radius 2 is 1.71 bits per heavy atom. The molecule has 0 unspecified atom stereocenters. The van der Waals surface area contributed by atoms with E-state index in [9.17, 15) is 15.3 Å². The highest BCUT2D eigenvalue weighted by molar-refractivity contribution is 5.48. The van der Waals surface area contributed by atoms with Gasteiger partial charge in [0, 0.05) is 23.3 Å². The van der Waals surface area contributed by atoms with Crippen molar-refractivity contribution in [3.8, 4) is 23.0 Å². The number of aliphatic hydroxyl groups is 1. The van der Waals surface area contributed by atoms with Gasteiger partial charge in [-0.1, -0.05) is 6.07 Å². The molecule has 5 heteroatoms. The molecule has 0 bridgehead atoms. The van der Waals surface area contributed by atoms with E-state index in [0.717, 1.165) is 5.56 Å². The second-order valence-electron chi connectivity index (χ2n) is 5.01. The van der Waals surface area contributed by atoms with Gasteiger partial charge in [-0.3, -0.25) is 0 Å². The van der Waals surface area contributed by atoms with Crippen LogP contribution in [-0.4, -0.2) is 29.0 Å². The number of phenolic OH excluding ortho intramolecular Hbond substituents is 2. The molecule has 21 heavy (non-hydrogen) atoms. The number of methoxy groups -OCH3 is 1. The van der Waals surface area contributed by atoms with Crippen LogP contribution in [-0.2, 0) is 0 Å². The van der Waals surface area contributed by atoms with Crippen molar-refractivity contribution in [2.24, 2.45) is 0 Å². The molecule has 0 fully saturated rings. The predicted octanol–water partition coefficient (Wildman–Crippen LogP) is 2.32. The first-order valence-electron chi connectivity index (χ1n) is 6.61. The Hall–Kier alpha value is -2.40. The van der Waals surface area contributed by atoms with Crippen LogP contribution in [0.25, 0.3) is 0 Å². The number of rotatable bonds is 2. The van der Waals surface area contributed by atoms with Crippen LogP contribution in [0.1, 0.15) is 23.1 Å². The number of phenols is 2. The highest BCUT2D eigenvalue weighted by Gasteiger charge is 2.32. The first-order valence-corrected chi connectivity index (χ1v) is 6.61. The summed E-state index contributed by atoms with van der Waals surface area (Å²) >= 11 is 0. The monoisotopic (exact) mass is 288 g/mol. The topological polar surface area (TPSA) is 79.2 Å². The maximum atomic E-state index is 10.6. The van der Waals surface area contributed by atoms with E-state index in [-0.39, 0.29) is 24.0 Å². The number of hydrogen-bond donors (Lipinski definition) is 3. The summed E-state index contributed by atoms with van der Waals surface area (Å²) in [6.07, 6.45) is -0.771. The van der Waals surface area contributed by atoms with Crippen LogP contribution in [0.2, 0.25) is 0 Å². The van der Waals surface area contributed by atoms with Crippen LogP contribution in [0, 0.1) is 0 Å². The molecule has 3 rings (SSSR count). The maximum Gasteiger partial charge on any atom is 0.128 e. The number of aromatic hydroxyl groups is 2. The molecule has 1 aliphatic rings. The summed E-state index contributed by atoms with van der Waals surface area (Å²) in [4.78, 5) is 0. The summed E-state index contributed by atoms with van der Waals surface area (Å²) < 4.78 is 10.9. The Morgan fingerprint density at radius 3 is 2.43 bits per heavy atom. The van der Waals surface area contributed by atoms with Crippen molar-refractivity contribution >= 4 is 0 Å². The van der Waals surface area contributed by atoms with Crippen molar-refractivity contribution in [3.63, 3.8) is 0 Å². The second-order valence-corrected chi connectivity index (χ2v) is 5.01. The van der Waals surface area contributed by atoms with E-state index in [4.69, 9.17) is 9.47 Å². The molecule has 1 heterocycles. The quantitative estimate of drug-likeness (QED) is 0.790. The number of aliphatic hydroxyl groups excluding tert-OH is 1. The molecule has 5 nitrogen and oxygen atoms in total. The smallest absolute Gasteiger partial charge is 0.128 e. The molecule has 2 atom stereocenters. The largest absolute Gasteiger partial charge is 0.508 e. The minimum Gasteiger partial charge on any atom is -0.508 e. The fraction of sp³-hybridized carbons (Fsp3) is 0.250. The molecule has 2 aromatic carbocycles. The first kappa shape index (κ1) is 13.6. The predicted molar refractivity (Wildman–Crippen MR) is 76.0 cm³/mol. The van der Waals surface area contributed by atoms with Crippen LogP contribution in [0.4, 0.5) is 0 Å². The van der Waals surface area contributed by atoms with Crippen molar-refractivity contribution in [2.75, 3.05) is 13.7 Å². The van der Waals surface area contributed by atoms with Crippen LogP contribution in [0.15, 0.2) is 36.4 Å². The Morgan fingerprint density at radius 1 is 1.05 bits per heavy atom. The van der Waals surface area contributed by atoms with Gasteiger partial charge < -0.3 is 24.8 Å². The Balaban J connectivity index is 2.00. The van der Waals surface area contributed by atoms with Gasteiger partial charge >= 0.3 is 0 Å². The highest BCUT2D eigenvalue weighted by Crippen LogP contribution is 2.44. The fourth-order valence-corrected chi connectivity index (χ4v) is 2.65. The Labute approximate surface area is 122 Å². The minimum atomic E-state index is -0.771. The van der Waals surface area contributed by atoms with Crippen molar-refractivity contribution < 1.29 is 24.8 Å². The third-order valence-electron chi connectivity index (χ3n) is 3.73. The van der Waals surface area contributed by atoms with Crippen LogP contribution in [0.5, 0.6) is 23.0 Å². The lowest BCUT2D eigenvalue weighted by Gasteiger charge is -2.31. The van der Waals surface area contributed by atoms with Gasteiger partial charge in [-0.2, -0.15) is 0 Å². The van der Waals surface area contributed by atoms with Gasteiger partial charge in [-0.15, -0.1) is 0 Å². The van der Waals surface area contributed by atoms with Crippen molar-refractivity contribution in [2.45, 2.75) is 12.0 Å². The third-order valence-corrected chi connectivity index (χ3v) is 3.73. The first-order chi connectivity index (χ1) is 10.1. The van der Waals surface area contributed by atoms with E-state index in [1.165, 1.54) is 25.3 Å². The maximum absolute atomic E-state index is 10.6.